The fraction of sp³-hybridized carbons (Fsp3) is 0.308. The van der Waals surface area contributed by atoms with E-state index in [1.165, 1.54) is 0 Å². The molecule has 0 aliphatic heterocycles. The molecule has 0 unspecified atom stereocenters. The Morgan fingerprint density at radius 1 is 1.35 bits per heavy atom. The van der Waals surface area contributed by atoms with Crippen LogP contribution < -0.4 is 15.2 Å². The van der Waals surface area contributed by atoms with Gasteiger partial charge in [-0.1, -0.05) is 5.21 Å². The van der Waals surface area contributed by atoms with E-state index in [9.17, 15) is 0 Å². The van der Waals surface area contributed by atoms with Gasteiger partial charge in [0.15, 0.2) is 0 Å². The Hall–Kier alpha value is -2.57. The molecule has 0 spiro atoms. The smallest absolute Gasteiger partial charge is 0.131 e. The Kier molecular flexibility index (Phi) is 4.19. The molecule has 2 rings (SSSR count). The highest BCUT2D eigenvalue weighted by Gasteiger charge is 2.13. The first-order valence-corrected chi connectivity index (χ1v) is 6.09. The second-order valence-corrected chi connectivity index (χ2v) is 4.18. The first kappa shape index (κ1) is 13.9. The maximum Gasteiger partial charge on any atom is 0.131 e. The number of hydrogen-bond donors (Lipinski definition) is 2. The number of aromatic nitrogens is 3. The summed E-state index contributed by atoms with van der Waals surface area (Å²) in [6.45, 7) is 0.500. The molecule has 106 valence electrons. The third-order valence-corrected chi connectivity index (χ3v) is 2.90. The number of benzene rings is 1. The Balaban J connectivity index is 2.36. The van der Waals surface area contributed by atoms with Gasteiger partial charge in [-0.15, -0.1) is 5.10 Å². The lowest BCUT2D eigenvalue weighted by Crippen LogP contribution is -2.14. The molecule has 3 N–H and O–H groups in total. The van der Waals surface area contributed by atoms with Crippen LogP contribution in [0.15, 0.2) is 24.4 Å². The lowest BCUT2D eigenvalue weighted by molar-refractivity contribution is 0.395. The van der Waals surface area contributed by atoms with Gasteiger partial charge in [-0.05, 0) is 12.1 Å². The van der Waals surface area contributed by atoms with Crippen LogP contribution in [0.25, 0.3) is 11.3 Å². The first-order chi connectivity index (χ1) is 9.65. The highest BCUT2D eigenvalue weighted by atomic mass is 16.5. The highest BCUT2D eigenvalue weighted by Crippen LogP contribution is 2.32. The quantitative estimate of drug-likeness (QED) is 0.611. The van der Waals surface area contributed by atoms with Gasteiger partial charge < -0.3 is 15.2 Å². The number of nitrogens with one attached hydrogen (secondary N) is 1. The summed E-state index contributed by atoms with van der Waals surface area (Å²) in [5.41, 5.74) is 7.05. The van der Waals surface area contributed by atoms with Crippen molar-refractivity contribution in [3.05, 3.63) is 24.4 Å². The van der Waals surface area contributed by atoms with E-state index in [-0.39, 0.29) is 5.84 Å². The zero-order valence-corrected chi connectivity index (χ0v) is 11.5. The van der Waals surface area contributed by atoms with Crippen LogP contribution in [0.1, 0.15) is 6.42 Å². The van der Waals surface area contributed by atoms with Crippen LogP contribution in [0.2, 0.25) is 0 Å². The van der Waals surface area contributed by atoms with Gasteiger partial charge >= 0.3 is 0 Å². The standard InChI is InChI=1S/C13H17N5O2/c1-19-9-3-4-10(12(7-9)20-2)11-8-16-17-18(11)6-5-13(14)15/h3-4,7-8H,5-6H2,1-2H3,(H3,14,15). The molecular formula is C13H17N5O2. The third kappa shape index (κ3) is 2.87. The van der Waals surface area contributed by atoms with Crippen molar-refractivity contribution in [1.29, 1.82) is 5.41 Å². The summed E-state index contributed by atoms with van der Waals surface area (Å²) in [6, 6.07) is 5.54. The largest absolute Gasteiger partial charge is 0.497 e. The number of ether oxygens (including phenoxy) is 2. The second kappa shape index (κ2) is 6.05. The fourth-order valence-corrected chi connectivity index (χ4v) is 1.87. The molecule has 20 heavy (non-hydrogen) atoms. The molecule has 0 atom stereocenters. The van der Waals surface area contributed by atoms with Crippen LogP contribution in [0.5, 0.6) is 11.5 Å². The molecule has 7 nitrogen and oxygen atoms in total. The van der Waals surface area contributed by atoms with E-state index >= 15 is 0 Å². The number of nitrogens with two attached hydrogens (primary N) is 1. The maximum absolute atomic E-state index is 7.28. The molecule has 2 aromatic rings. The van der Waals surface area contributed by atoms with Crippen LogP contribution in [-0.4, -0.2) is 35.0 Å². The third-order valence-electron chi connectivity index (χ3n) is 2.90. The normalized spacial score (nSPS) is 10.3. The fourth-order valence-electron chi connectivity index (χ4n) is 1.87. The number of methoxy groups -OCH3 is 2. The van der Waals surface area contributed by atoms with Gasteiger partial charge in [0, 0.05) is 18.1 Å². The summed E-state index contributed by atoms with van der Waals surface area (Å²) in [5, 5.41) is 15.2. The number of amidine groups is 1. The first-order valence-electron chi connectivity index (χ1n) is 6.09. The zero-order valence-electron chi connectivity index (χ0n) is 11.5. The van der Waals surface area contributed by atoms with Gasteiger partial charge in [0.2, 0.25) is 0 Å². The van der Waals surface area contributed by atoms with Crippen molar-refractivity contribution in [2.75, 3.05) is 14.2 Å². The summed E-state index contributed by atoms with van der Waals surface area (Å²) in [5.74, 6) is 1.51. The van der Waals surface area contributed by atoms with E-state index in [2.05, 4.69) is 10.3 Å². The number of rotatable bonds is 6. The zero-order chi connectivity index (χ0) is 14.5. The van der Waals surface area contributed by atoms with Crippen molar-refractivity contribution in [1.82, 2.24) is 15.0 Å². The molecule has 0 bridgehead atoms. The van der Waals surface area contributed by atoms with Gasteiger partial charge in [0.1, 0.15) is 11.5 Å². The van der Waals surface area contributed by atoms with Crippen LogP contribution in [0.4, 0.5) is 0 Å². The average Bonchev–Trinajstić information content (AvgIpc) is 2.92. The Bertz CT molecular complexity index is 609. The van der Waals surface area contributed by atoms with E-state index in [1.54, 1.807) is 31.2 Å². The minimum atomic E-state index is 0.119. The Morgan fingerprint density at radius 2 is 2.15 bits per heavy atom. The molecule has 0 fully saturated rings. The minimum Gasteiger partial charge on any atom is -0.497 e. The Morgan fingerprint density at radius 3 is 2.80 bits per heavy atom. The van der Waals surface area contributed by atoms with Crippen LogP contribution in [0, 0.1) is 5.41 Å². The molecule has 1 heterocycles. The van der Waals surface area contributed by atoms with Gasteiger partial charge in [0.05, 0.1) is 38.5 Å². The molecule has 0 amide bonds. The van der Waals surface area contributed by atoms with E-state index < -0.39 is 0 Å². The molecule has 7 heteroatoms. The monoisotopic (exact) mass is 275 g/mol. The molecule has 1 aromatic heterocycles. The summed E-state index contributed by atoms with van der Waals surface area (Å²) < 4.78 is 12.3. The lowest BCUT2D eigenvalue weighted by atomic mass is 10.1. The number of hydrogen-bond acceptors (Lipinski definition) is 5. The average molecular weight is 275 g/mol. The van der Waals surface area contributed by atoms with E-state index in [0.717, 1.165) is 11.3 Å². The van der Waals surface area contributed by atoms with Gasteiger partial charge in [-0.2, -0.15) is 0 Å². The number of nitrogens with zero attached hydrogens (tertiary/aromatic N) is 3. The topological polar surface area (TPSA) is 99.0 Å². The molecule has 0 saturated carbocycles. The molecule has 0 aliphatic carbocycles. The van der Waals surface area contributed by atoms with Crippen molar-refractivity contribution in [3.8, 4) is 22.8 Å². The Labute approximate surface area is 116 Å². The van der Waals surface area contributed by atoms with Crippen molar-refractivity contribution >= 4 is 5.84 Å². The second-order valence-electron chi connectivity index (χ2n) is 4.18. The number of aryl methyl sites for hydroxylation is 1. The highest BCUT2D eigenvalue weighted by molar-refractivity contribution is 5.76. The molecule has 0 aliphatic rings. The van der Waals surface area contributed by atoms with Crippen molar-refractivity contribution in [2.45, 2.75) is 13.0 Å². The SMILES string of the molecule is COc1ccc(-c2cnnn2CCC(=N)N)c(OC)c1. The minimum absolute atomic E-state index is 0.119. The van der Waals surface area contributed by atoms with Crippen LogP contribution >= 0.6 is 0 Å². The van der Waals surface area contributed by atoms with Crippen molar-refractivity contribution in [2.24, 2.45) is 5.73 Å². The van der Waals surface area contributed by atoms with Crippen molar-refractivity contribution < 1.29 is 9.47 Å². The van der Waals surface area contributed by atoms with Crippen molar-refractivity contribution in [3.63, 3.8) is 0 Å². The molecular weight excluding hydrogens is 258 g/mol. The lowest BCUT2D eigenvalue weighted by Gasteiger charge is -2.11. The van der Waals surface area contributed by atoms with Gasteiger partial charge in [-0.3, -0.25) is 5.41 Å². The predicted molar refractivity (Wildman–Crippen MR) is 75.1 cm³/mol. The van der Waals surface area contributed by atoms with Gasteiger partial charge in [0.25, 0.3) is 0 Å². The summed E-state index contributed by atoms with van der Waals surface area (Å²) in [6.07, 6.45) is 2.08. The summed E-state index contributed by atoms with van der Waals surface area (Å²) >= 11 is 0. The molecule has 1 aromatic carbocycles. The van der Waals surface area contributed by atoms with Crippen LogP contribution in [-0.2, 0) is 6.54 Å². The van der Waals surface area contributed by atoms with Gasteiger partial charge in [-0.25, -0.2) is 4.68 Å². The van der Waals surface area contributed by atoms with E-state index in [0.29, 0.717) is 24.5 Å². The molecule has 0 saturated heterocycles. The predicted octanol–water partition coefficient (Wildman–Crippen LogP) is 1.29. The summed E-state index contributed by atoms with van der Waals surface area (Å²) in [7, 11) is 3.20. The van der Waals surface area contributed by atoms with Crippen LogP contribution in [0.3, 0.4) is 0 Å². The van der Waals surface area contributed by atoms with E-state index in [4.69, 9.17) is 20.6 Å². The molecule has 0 radical (unpaired) electrons. The maximum atomic E-state index is 7.28. The van der Waals surface area contributed by atoms with E-state index in [1.807, 2.05) is 12.1 Å². The summed E-state index contributed by atoms with van der Waals surface area (Å²) in [4.78, 5) is 0.